The van der Waals surface area contributed by atoms with Crippen LogP contribution >= 0.6 is 34.8 Å². The predicted molar refractivity (Wildman–Crippen MR) is 141 cm³/mol. The van der Waals surface area contributed by atoms with Crippen molar-refractivity contribution < 1.29 is 14.3 Å². The molecule has 5 rings (SSSR count). The molecule has 0 fully saturated rings. The molecule has 3 aromatic rings. The average Bonchev–Trinajstić information content (AvgIpc) is 3.23. The number of ether oxygens (including phenoxy) is 2. The van der Waals surface area contributed by atoms with E-state index in [1.165, 1.54) is 5.56 Å². The second kappa shape index (κ2) is 10.6. The Morgan fingerprint density at radius 2 is 1.91 bits per heavy atom. The Labute approximate surface area is 219 Å². The maximum absolute atomic E-state index is 13.4. The first-order chi connectivity index (χ1) is 17.0. The Bertz CT molecular complexity index is 1280. The van der Waals surface area contributed by atoms with Crippen LogP contribution in [0.15, 0.2) is 66.5 Å². The second-order valence-electron chi connectivity index (χ2n) is 8.67. The quantitative estimate of drug-likeness (QED) is 0.262. The number of hydrogen-bond donors (Lipinski definition) is 1. The number of H-pyrrole nitrogens is 1. The van der Waals surface area contributed by atoms with Crippen molar-refractivity contribution >= 4 is 51.8 Å². The smallest absolute Gasteiger partial charge is 0.415 e. The van der Waals surface area contributed by atoms with E-state index < -0.39 is 0 Å². The number of nitrogens with zero attached hydrogens (tertiary/aromatic N) is 1. The van der Waals surface area contributed by atoms with Gasteiger partial charge in [-0.2, -0.15) is 0 Å². The zero-order valence-electron chi connectivity index (χ0n) is 19.0. The van der Waals surface area contributed by atoms with Crippen LogP contribution in [0, 0.1) is 5.92 Å². The van der Waals surface area contributed by atoms with E-state index in [1.54, 1.807) is 24.3 Å². The number of halogens is 3. The Balaban J connectivity index is 1.45. The fraction of sp³-hybridized carbons (Fsp3) is 0.296. The summed E-state index contributed by atoms with van der Waals surface area (Å²) in [4.78, 5) is 18.8. The van der Waals surface area contributed by atoms with Crippen molar-refractivity contribution in [2.24, 2.45) is 5.92 Å². The first-order valence-electron chi connectivity index (χ1n) is 11.6. The van der Waals surface area contributed by atoms with E-state index in [2.05, 4.69) is 17.1 Å². The van der Waals surface area contributed by atoms with E-state index in [0.29, 0.717) is 41.2 Å². The van der Waals surface area contributed by atoms with E-state index in [9.17, 15) is 4.79 Å². The van der Waals surface area contributed by atoms with Gasteiger partial charge in [-0.25, -0.2) is 4.79 Å². The van der Waals surface area contributed by atoms with Gasteiger partial charge in [-0.15, -0.1) is 11.6 Å². The number of nitrogens with one attached hydrogen (secondary N) is 1. The fourth-order valence-corrected chi connectivity index (χ4v) is 5.21. The van der Waals surface area contributed by atoms with E-state index in [4.69, 9.17) is 44.3 Å². The number of rotatable bonds is 6. The van der Waals surface area contributed by atoms with Crippen LogP contribution in [0.3, 0.4) is 0 Å². The predicted octanol–water partition coefficient (Wildman–Crippen LogP) is 7.68. The normalized spacial score (nSPS) is 19.4. The molecule has 1 unspecified atom stereocenters. The van der Waals surface area contributed by atoms with Crippen molar-refractivity contribution in [2.45, 2.75) is 25.3 Å². The van der Waals surface area contributed by atoms with Crippen LogP contribution in [0.4, 0.5) is 4.79 Å². The van der Waals surface area contributed by atoms with E-state index in [1.807, 2.05) is 29.2 Å². The fourth-order valence-electron chi connectivity index (χ4n) is 4.80. The lowest BCUT2D eigenvalue weighted by molar-refractivity contribution is 0.110. The summed E-state index contributed by atoms with van der Waals surface area (Å²) in [7, 11) is 0. The van der Waals surface area contributed by atoms with Gasteiger partial charge >= 0.3 is 6.09 Å². The molecule has 182 valence electrons. The molecule has 1 aliphatic heterocycles. The lowest BCUT2D eigenvalue weighted by Crippen LogP contribution is -2.44. The molecule has 0 saturated heterocycles. The number of amides is 1. The summed E-state index contributed by atoms with van der Waals surface area (Å²) in [6, 6.07) is 12.4. The number of aromatic amines is 1. The van der Waals surface area contributed by atoms with Gasteiger partial charge in [-0.05, 0) is 79.4 Å². The van der Waals surface area contributed by atoms with Crippen LogP contribution in [-0.4, -0.2) is 35.0 Å². The zero-order chi connectivity index (χ0) is 24.4. The number of carbonyl (C=O) groups is 1. The minimum atomic E-state index is -0.388. The van der Waals surface area contributed by atoms with Crippen LogP contribution in [0.2, 0.25) is 10.0 Å². The summed E-state index contributed by atoms with van der Waals surface area (Å²) in [5.74, 6) is 1.91. The zero-order valence-corrected chi connectivity index (χ0v) is 21.2. The largest absolute Gasteiger partial charge is 0.494 e. The number of fused-ring (bicyclic) bond motifs is 3. The Hall–Kier alpha value is -2.60. The number of allylic oxidation sites excluding steroid dienone is 2. The maximum atomic E-state index is 13.4. The summed E-state index contributed by atoms with van der Waals surface area (Å²) in [6.45, 7) is 1.12. The molecule has 1 amide bonds. The molecule has 35 heavy (non-hydrogen) atoms. The third kappa shape index (κ3) is 5.18. The molecule has 0 bridgehead atoms. The maximum Gasteiger partial charge on any atom is 0.415 e. The van der Waals surface area contributed by atoms with Gasteiger partial charge in [-0.1, -0.05) is 29.3 Å². The van der Waals surface area contributed by atoms with Gasteiger partial charge in [-0.3, -0.25) is 4.90 Å². The van der Waals surface area contributed by atoms with Crippen LogP contribution in [-0.2, 0) is 11.2 Å². The van der Waals surface area contributed by atoms with Crippen LogP contribution in [0.1, 0.15) is 30.1 Å². The monoisotopic (exact) mass is 530 g/mol. The van der Waals surface area contributed by atoms with Crippen molar-refractivity contribution in [3.63, 3.8) is 0 Å². The molecule has 8 heteroatoms. The first kappa shape index (κ1) is 24.1. The summed E-state index contributed by atoms with van der Waals surface area (Å²) >= 11 is 18.0. The van der Waals surface area contributed by atoms with Gasteiger partial charge in [0.15, 0.2) is 0 Å². The van der Waals surface area contributed by atoms with Gasteiger partial charge in [0.2, 0.25) is 0 Å². The molecule has 2 atom stereocenters. The molecule has 1 N–H and O–H groups in total. The number of carbonyl (C=O) groups excluding carboxylic acids is 1. The minimum Gasteiger partial charge on any atom is -0.494 e. The number of benzene rings is 2. The molecule has 1 aliphatic carbocycles. The van der Waals surface area contributed by atoms with Gasteiger partial charge in [0.05, 0.1) is 12.6 Å². The van der Waals surface area contributed by atoms with E-state index in [0.717, 1.165) is 35.2 Å². The van der Waals surface area contributed by atoms with Crippen molar-refractivity contribution in [3.8, 4) is 5.75 Å². The number of aromatic nitrogens is 1. The highest BCUT2D eigenvalue weighted by molar-refractivity contribution is 6.31. The van der Waals surface area contributed by atoms with Gasteiger partial charge in [0, 0.05) is 45.0 Å². The lowest BCUT2D eigenvalue weighted by Gasteiger charge is -2.39. The highest BCUT2D eigenvalue weighted by Gasteiger charge is 2.39. The first-order valence-corrected chi connectivity index (χ1v) is 12.9. The van der Waals surface area contributed by atoms with Crippen LogP contribution in [0.25, 0.3) is 10.9 Å². The highest BCUT2D eigenvalue weighted by Crippen LogP contribution is 2.42. The molecule has 2 aliphatic rings. The van der Waals surface area contributed by atoms with Crippen molar-refractivity contribution in [1.29, 1.82) is 0 Å². The second-order valence-corrected chi connectivity index (χ2v) is 9.92. The number of alkyl halides is 1. The highest BCUT2D eigenvalue weighted by atomic mass is 35.5. The summed E-state index contributed by atoms with van der Waals surface area (Å²) in [6.07, 6.45) is 8.04. The molecule has 0 spiro atoms. The van der Waals surface area contributed by atoms with E-state index in [-0.39, 0.29) is 18.1 Å². The third-order valence-electron chi connectivity index (χ3n) is 6.44. The van der Waals surface area contributed by atoms with Crippen LogP contribution in [0.5, 0.6) is 5.75 Å². The van der Waals surface area contributed by atoms with Gasteiger partial charge in [0.1, 0.15) is 11.5 Å². The lowest BCUT2D eigenvalue weighted by atomic mass is 9.84. The molecule has 2 heterocycles. The van der Waals surface area contributed by atoms with Crippen molar-refractivity contribution in [3.05, 3.63) is 87.8 Å². The van der Waals surface area contributed by atoms with Crippen LogP contribution < -0.4 is 4.74 Å². The summed E-state index contributed by atoms with van der Waals surface area (Å²) in [5, 5.41) is 2.38. The van der Waals surface area contributed by atoms with Crippen molar-refractivity contribution in [1.82, 2.24) is 9.88 Å². The SMILES string of the molecule is O=C(Oc1ccc(Cl)cc1)N1CCc2c([nH]c3ccc(Cl)cc23)[C@H]1C1C=CC(OCCCCl)=CC1. The molecule has 2 aromatic carbocycles. The van der Waals surface area contributed by atoms with Gasteiger partial charge in [0.25, 0.3) is 0 Å². The molecular formula is C27H25Cl3N2O3. The molecular weight excluding hydrogens is 507 g/mol. The average molecular weight is 532 g/mol. The third-order valence-corrected chi connectivity index (χ3v) is 7.19. The molecule has 0 radical (unpaired) electrons. The van der Waals surface area contributed by atoms with Gasteiger partial charge < -0.3 is 14.5 Å². The Morgan fingerprint density at radius 1 is 1.11 bits per heavy atom. The minimum absolute atomic E-state index is 0.0516. The number of hydrogen-bond acceptors (Lipinski definition) is 3. The molecule has 5 nitrogen and oxygen atoms in total. The van der Waals surface area contributed by atoms with Crippen molar-refractivity contribution in [2.75, 3.05) is 19.0 Å². The van der Waals surface area contributed by atoms with E-state index >= 15 is 0 Å². The molecule has 0 saturated carbocycles. The molecule has 1 aromatic heterocycles. The summed E-state index contributed by atoms with van der Waals surface area (Å²) in [5.41, 5.74) is 3.23. The Kier molecular flexibility index (Phi) is 7.28. The standard InChI is InChI=1S/C27H25Cl3N2O3/c28-13-1-15-34-20-7-2-17(3-8-20)26-25-22(23-16-19(30)6-11-24(23)31-25)12-14-32(26)27(33)35-21-9-4-18(29)5-10-21/h2,4-11,16-17,26,31H,1,3,12-15H2/t17?,26-/m1/s1. The summed E-state index contributed by atoms with van der Waals surface area (Å²) < 4.78 is 11.5. The Morgan fingerprint density at radius 3 is 2.66 bits per heavy atom. The topological polar surface area (TPSA) is 54.6 Å².